The third-order valence-corrected chi connectivity index (χ3v) is 1.81. The maximum absolute atomic E-state index is 12.8. The summed E-state index contributed by atoms with van der Waals surface area (Å²) in [6.45, 7) is 8.64. The van der Waals surface area contributed by atoms with Gasteiger partial charge < -0.3 is 10.5 Å². The van der Waals surface area contributed by atoms with Crippen molar-refractivity contribution in [3.8, 4) is 5.75 Å². The molecule has 1 heterocycles. The van der Waals surface area contributed by atoms with Gasteiger partial charge in [0.05, 0.1) is 12.3 Å². The minimum absolute atomic E-state index is 0.203. The fourth-order valence-corrected chi connectivity index (χ4v) is 1.22. The zero-order valence-electron chi connectivity index (χ0n) is 9.93. The Morgan fingerprint density at radius 2 is 1.80 bits per heavy atom. The summed E-state index contributed by atoms with van der Waals surface area (Å²) in [7, 11) is 0. The summed E-state index contributed by atoms with van der Waals surface area (Å²) in [5.41, 5.74) is 6.57. The SMILES string of the molecule is CC.CC.Nc1cc2c(cc1F)OCC2. The van der Waals surface area contributed by atoms with Gasteiger partial charge in [0, 0.05) is 12.5 Å². The second-order valence-electron chi connectivity index (χ2n) is 2.58. The quantitative estimate of drug-likeness (QED) is 0.670. The van der Waals surface area contributed by atoms with Gasteiger partial charge in [0.2, 0.25) is 0 Å². The average Bonchev–Trinajstić information content (AvgIpc) is 2.72. The van der Waals surface area contributed by atoms with E-state index in [2.05, 4.69) is 0 Å². The number of hydrogen-bond donors (Lipinski definition) is 1. The van der Waals surface area contributed by atoms with Crippen LogP contribution in [0.2, 0.25) is 0 Å². The standard InChI is InChI=1S/C8H8FNO.2C2H6/c9-6-4-8-5(1-2-11-8)3-7(6)10;2*1-2/h3-4H,1-2,10H2;2*1-2H3. The smallest absolute Gasteiger partial charge is 0.149 e. The first-order valence-corrected chi connectivity index (χ1v) is 5.48. The van der Waals surface area contributed by atoms with Crippen molar-refractivity contribution < 1.29 is 9.13 Å². The van der Waals surface area contributed by atoms with Crippen LogP contribution in [-0.2, 0) is 6.42 Å². The molecule has 0 radical (unpaired) electrons. The van der Waals surface area contributed by atoms with E-state index in [1.54, 1.807) is 6.07 Å². The lowest BCUT2D eigenvalue weighted by Crippen LogP contribution is -1.91. The third-order valence-electron chi connectivity index (χ3n) is 1.81. The molecule has 15 heavy (non-hydrogen) atoms. The Balaban J connectivity index is 0.000000442. The number of fused-ring (bicyclic) bond motifs is 1. The van der Waals surface area contributed by atoms with Gasteiger partial charge in [-0.1, -0.05) is 27.7 Å². The molecule has 0 amide bonds. The molecular formula is C12H20FNO. The van der Waals surface area contributed by atoms with Crippen LogP contribution < -0.4 is 10.5 Å². The lowest BCUT2D eigenvalue weighted by Gasteiger charge is -2.00. The summed E-state index contributed by atoms with van der Waals surface area (Å²) in [6.07, 6.45) is 0.833. The van der Waals surface area contributed by atoms with Crippen molar-refractivity contribution in [3.05, 3.63) is 23.5 Å². The van der Waals surface area contributed by atoms with Gasteiger partial charge in [-0.15, -0.1) is 0 Å². The van der Waals surface area contributed by atoms with E-state index in [0.29, 0.717) is 12.4 Å². The van der Waals surface area contributed by atoms with E-state index in [1.807, 2.05) is 27.7 Å². The fourth-order valence-electron chi connectivity index (χ4n) is 1.22. The molecular weight excluding hydrogens is 193 g/mol. The van der Waals surface area contributed by atoms with Crippen LogP contribution in [0.3, 0.4) is 0 Å². The summed E-state index contributed by atoms with van der Waals surface area (Å²) < 4.78 is 17.9. The highest BCUT2D eigenvalue weighted by atomic mass is 19.1. The maximum atomic E-state index is 12.8. The van der Waals surface area contributed by atoms with Crippen LogP contribution in [0.5, 0.6) is 5.75 Å². The Morgan fingerprint density at radius 3 is 2.40 bits per heavy atom. The topological polar surface area (TPSA) is 35.2 Å². The molecule has 0 saturated carbocycles. The second-order valence-corrected chi connectivity index (χ2v) is 2.58. The Hall–Kier alpha value is -1.25. The number of benzene rings is 1. The van der Waals surface area contributed by atoms with Crippen molar-refractivity contribution in [2.75, 3.05) is 12.3 Å². The van der Waals surface area contributed by atoms with Crippen LogP contribution in [0.4, 0.5) is 10.1 Å². The molecule has 1 aliphatic rings. The van der Waals surface area contributed by atoms with Gasteiger partial charge >= 0.3 is 0 Å². The highest BCUT2D eigenvalue weighted by Gasteiger charge is 2.14. The molecule has 1 aliphatic heterocycles. The first-order valence-electron chi connectivity index (χ1n) is 5.48. The summed E-state index contributed by atoms with van der Waals surface area (Å²) in [6, 6.07) is 2.98. The van der Waals surface area contributed by atoms with Crippen LogP contribution in [0, 0.1) is 5.82 Å². The van der Waals surface area contributed by atoms with Crippen molar-refractivity contribution in [1.29, 1.82) is 0 Å². The molecule has 1 aromatic rings. The van der Waals surface area contributed by atoms with Crippen LogP contribution in [0.1, 0.15) is 33.3 Å². The number of nitrogens with two attached hydrogens (primary N) is 1. The number of ether oxygens (including phenoxy) is 1. The zero-order valence-corrected chi connectivity index (χ0v) is 9.93. The fraction of sp³-hybridized carbons (Fsp3) is 0.500. The van der Waals surface area contributed by atoms with Crippen molar-refractivity contribution in [3.63, 3.8) is 0 Å². The molecule has 2 N–H and O–H groups in total. The Morgan fingerprint density at radius 1 is 1.20 bits per heavy atom. The van der Waals surface area contributed by atoms with Crippen molar-refractivity contribution in [2.24, 2.45) is 0 Å². The van der Waals surface area contributed by atoms with E-state index in [1.165, 1.54) is 6.07 Å². The first-order chi connectivity index (χ1) is 7.27. The van der Waals surface area contributed by atoms with E-state index in [-0.39, 0.29) is 5.69 Å². The summed E-state index contributed by atoms with van der Waals surface area (Å²) in [5, 5.41) is 0. The number of halogens is 1. The predicted octanol–water partition coefficient (Wildman–Crippen LogP) is 3.40. The Bertz CT molecular complexity index is 271. The highest BCUT2D eigenvalue weighted by Crippen LogP contribution is 2.28. The largest absolute Gasteiger partial charge is 0.493 e. The minimum atomic E-state index is -0.398. The molecule has 0 saturated heterocycles. The van der Waals surface area contributed by atoms with Gasteiger partial charge in [-0.3, -0.25) is 0 Å². The highest BCUT2D eigenvalue weighted by molar-refractivity contribution is 5.50. The molecule has 2 nitrogen and oxygen atoms in total. The molecule has 0 aromatic heterocycles. The molecule has 86 valence electrons. The van der Waals surface area contributed by atoms with Crippen molar-refractivity contribution in [1.82, 2.24) is 0 Å². The third kappa shape index (κ3) is 3.42. The van der Waals surface area contributed by atoms with E-state index in [9.17, 15) is 4.39 Å². The Kier molecular flexibility index (Phi) is 6.50. The van der Waals surface area contributed by atoms with Gasteiger partial charge in [0.15, 0.2) is 0 Å². The molecule has 1 aromatic carbocycles. The summed E-state index contributed by atoms with van der Waals surface area (Å²) >= 11 is 0. The van der Waals surface area contributed by atoms with E-state index >= 15 is 0 Å². The number of rotatable bonds is 0. The van der Waals surface area contributed by atoms with Gasteiger partial charge in [0.25, 0.3) is 0 Å². The van der Waals surface area contributed by atoms with Gasteiger partial charge in [-0.05, 0) is 11.6 Å². The number of nitrogen functional groups attached to an aromatic ring is 1. The molecule has 3 heteroatoms. The lowest BCUT2D eigenvalue weighted by molar-refractivity contribution is 0.355. The van der Waals surface area contributed by atoms with Gasteiger partial charge in [-0.25, -0.2) is 4.39 Å². The summed E-state index contributed by atoms with van der Waals surface area (Å²) in [5.74, 6) is 0.238. The zero-order chi connectivity index (χ0) is 11.8. The summed E-state index contributed by atoms with van der Waals surface area (Å²) in [4.78, 5) is 0. The molecule has 0 unspecified atom stereocenters. The van der Waals surface area contributed by atoms with Gasteiger partial charge in [-0.2, -0.15) is 0 Å². The van der Waals surface area contributed by atoms with E-state index < -0.39 is 5.82 Å². The van der Waals surface area contributed by atoms with Crippen LogP contribution in [-0.4, -0.2) is 6.61 Å². The van der Waals surface area contributed by atoms with Gasteiger partial charge in [0.1, 0.15) is 11.6 Å². The first kappa shape index (κ1) is 13.8. The van der Waals surface area contributed by atoms with Crippen molar-refractivity contribution >= 4 is 5.69 Å². The Labute approximate surface area is 91.2 Å². The number of anilines is 1. The van der Waals surface area contributed by atoms with E-state index in [4.69, 9.17) is 10.5 Å². The monoisotopic (exact) mass is 213 g/mol. The lowest BCUT2D eigenvalue weighted by atomic mass is 10.1. The molecule has 0 bridgehead atoms. The molecule has 0 atom stereocenters. The number of hydrogen-bond acceptors (Lipinski definition) is 2. The van der Waals surface area contributed by atoms with Crippen LogP contribution in [0.25, 0.3) is 0 Å². The molecule has 0 fully saturated rings. The average molecular weight is 213 g/mol. The minimum Gasteiger partial charge on any atom is -0.493 e. The van der Waals surface area contributed by atoms with Crippen molar-refractivity contribution in [2.45, 2.75) is 34.1 Å². The second kappa shape index (κ2) is 7.10. The predicted molar refractivity (Wildman–Crippen MR) is 62.7 cm³/mol. The molecule has 2 rings (SSSR count). The van der Waals surface area contributed by atoms with E-state index in [0.717, 1.165) is 12.0 Å². The van der Waals surface area contributed by atoms with Crippen LogP contribution in [0.15, 0.2) is 12.1 Å². The van der Waals surface area contributed by atoms with Crippen LogP contribution >= 0.6 is 0 Å². The normalized spacial score (nSPS) is 11.3. The molecule has 0 spiro atoms. The maximum Gasteiger partial charge on any atom is 0.149 e. The molecule has 0 aliphatic carbocycles.